The van der Waals surface area contributed by atoms with Gasteiger partial charge in [0.1, 0.15) is 6.10 Å². The molecule has 0 aliphatic carbocycles. The summed E-state index contributed by atoms with van der Waals surface area (Å²) in [6.07, 6.45) is 1.31. The molecule has 0 aliphatic rings. The first-order valence-electron chi connectivity index (χ1n) is 7.55. The van der Waals surface area contributed by atoms with Crippen molar-refractivity contribution in [2.24, 2.45) is 0 Å². The van der Waals surface area contributed by atoms with Gasteiger partial charge in [0.2, 0.25) is 0 Å². The summed E-state index contributed by atoms with van der Waals surface area (Å²) in [4.78, 5) is 23.9. The van der Waals surface area contributed by atoms with Gasteiger partial charge in [-0.1, -0.05) is 11.8 Å². The van der Waals surface area contributed by atoms with Gasteiger partial charge in [-0.25, -0.2) is 13.9 Å². The molecule has 1 rings (SSSR count). The molecule has 1 aromatic rings. The Morgan fingerprint density at radius 1 is 1.42 bits per heavy atom. The van der Waals surface area contributed by atoms with E-state index < -0.39 is 32.2 Å². The lowest BCUT2D eigenvalue weighted by Gasteiger charge is -2.25. The molecule has 1 heterocycles. The van der Waals surface area contributed by atoms with Crippen LogP contribution >= 0.6 is 0 Å². The molecule has 1 aromatic heterocycles. The summed E-state index contributed by atoms with van der Waals surface area (Å²) in [5.74, 6) is 8.97. The monoisotopic (exact) mass is 380 g/mol. The zero-order chi connectivity index (χ0) is 20.0. The SMILES string of the molecule is CC(O)C#CC#Cc1ccn(CCC(C)(C(=O)NO)S(C)(=O)=O)c(=O)c1. The summed E-state index contributed by atoms with van der Waals surface area (Å²) in [6.45, 7) is 2.63. The average Bonchev–Trinajstić information content (AvgIpc) is 2.55. The number of amides is 1. The molecule has 140 valence electrons. The number of aliphatic hydroxyl groups excluding tert-OH is 1. The Bertz CT molecular complexity index is 957. The van der Waals surface area contributed by atoms with Crippen LogP contribution in [-0.4, -0.2) is 46.3 Å². The second-order valence-electron chi connectivity index (χ2n) is 5.84. The lowest BCUT2D eigenvalue weighted by Crippen LogP contribution is -2.49. The van der Waals surface area contributed by atoms with E-state index in [1.165, 1.54) is 36.2 Å². The van der Waals surface area contributed by atoms with Crippen molar-refractivity contribution in [2.75, 3.05) is 6.26 Å². The fourth-order valence-corrected chi connectivity index (χ4v) is 2.78. The summed E-state index contributed by atoms with van der Waals surface area (Å²) in [6, 6.07) is 2.79. The highest BCUT2D eigenvalue weighted by Crippen LogP contribution is 2.21. The zero-order valence-electron chi connectivity index (χ0n) is 14.6. The minimum Gasteiger partial charge on any atom is -0.381 e. The lowest BCUT2D eigenvalue weighted by molar-refractivity contribution is -0.131. The number of nitrogens with one attached hydrogen (secondary N) is 1. The third kappa shape index (κ3) is 5.46. The molecule has 1 amide bonds. The lowest BCUT2D eigenvalue weighted by atomic mass is 10.1. The molecule has 8 nitrogen and oxygen atoms in total. The van der Waals surface area contributed by atoms with Crippen LogP contribution < -0.4 is 11.0 Å². The Labute approximate surface area is 151 Å². The third-order valence-corrected chi connectivity index (χ3v) is 5.80. The van der Waals surface area contributed by atoms with Crippen LogP contribution in [-0.2, 0) is 21.2 Å². The van der Waals surface area contributed by atoms with E-state index in [4.69, 9.17) is 10.3 Å². The summed E-state index contributed by atoms with van der Waals surface area (Å²) in [5.41, 5.74) is 1.33. The van der Waals surface area contributed by atoms with Crippen LogP contribution in [0.5, 0.6) is 0 Å². The van der Waals surface area contributed by atoms with E-state index in [9.17, 15) is 18.0 Å². The van der Waals surface area contributed by atoms with E-state index in [1.54, 1.807) is 6.07 Å². The van der Waals surface area contributed by atoms with Crippen LogP contribution in [0.4, 0.5) is 0 Å². The smallest absolute Gasteiger partial charge is 0.264 e. The predicted octanol–water partition coefficient (Wildman–Crippen LogP) is -0.717. The maximum absolute atomic E-state index is 12.1. The van der Waals surface area contributed by atoms with Crippen LogP contribution in [0.25, 0.3) is 0 Å². The van der Waals surface area contributed by atoms with Crippen LogP contribution in [0.3, 0.4) is 0 Å². The fourth-order valence-electron chi connectivity index (χ4n) is 1.93. The standard InChI is InChI=1S/C17H20N2O6S/c1-13(20)6-4-5-7-14-8-10-19(15(21)12-14)11-9-17(2,16(22)18-23)26(3,24)25/h8,10,12-13,20,23H,9,11H2,1-3H3,(H,18,22). The molecule has 0 fully saturated rings. The van der Waals surface area contributed by atoms with Crippen molar-refractivity contribution in [3.8, 4) is 23.7 Å². The molecule has 0 saturated heterocycles. The number of hydrogen-bond acceptors (Lipinski definition) is 6. The Balaban J connectivity index is 3.01. The summed E-state index contributed by atoms with van der Waals surface area (Å²) < 4.78 is 23.2. The van der Waals surface area contributed by atoms with E-state index in [0.29, 0.717) is 5.56 Å². The Morgan fingerprint density at radius 3 is 2.58 bits per heavy atom. The van der Waals surface area contributed by atoms with E-state index in [2.05, 4.69) is 23.7 Å². The molecule has 0 aliphatic heterocycles. The van der Waals surface area contributed by atoms with Gasteiger partial charge in [0.15, 0.2) is 14.6 Å². The van der Waals surface area contributed by atoms with Crippen molar-refractivity contribution >= 4 is 15.7 Å². The maximum Gasteiger partial charge on any atom is 0.264 e. The molecule has 0 radical (unpaired) electrons. The largest absolute Gasteiger partial charge is 0.381 e. The highest BCUT2D eigenvalue weighted by Gasteiger charge is 2.43. The van der Waals surface area contributed by atoms with E-state index in [0.717, 1.165) is 6.26 Å². The molecule has 0 spiro atoms. The number of aliphatic hydroxyl groups is 1. The number of carbonyl (C=O) groups excluding carboxylic acids is 1. The molecule has 2 atom stereocenters. The quantitative estimate of drug-likeness (QED) is 0.352. The number of aryl methyl sites for hydroxylation is 1. The van der Waals surface area contributed by atoms with Gasteiger partial charge in [-0.15, -0.1) is 0 Å². The Morgan fingerprint density at radius 2 is 2.08 bits per heavy atom. The van der Waals surface area contributed by atoms with Gasteiger partial charge in [0, 0.05) is 30.6 Å². The average molecular weight is 380 g/mol. The second-order valence-corrected chi connectivity index (χ2v) is 8.28. The molecular weight excluding hydrogens is 360 g/mol. The molecule has 0 aromatic carbocycles. The zero-order valence-corrected chi connectivity index (χ0v) is 15.4. The van der Waals surface area contributed by atoms with Crippen molar-refractivity contribution < 1.29 is 23.5 Å². The van der Waals surface area contributed by atoms with Crippen molar-refractivity contribution in [3.63, 3.8) is 0 Å². The molecule has 0 bridgehead atoms. The van der Waals surface area contributed by atoms with Gasteiger partial charge in [-0.05, 0) is 38.2 Å². The van der Waals surface area contributed by atoms with E-state index in [-0.39, 0.29) is 13.0 Å². The number of hydroxylamine groups is 1. The van der Waals surface area contributed by atoms with Crippen molar-refractivity contribution in [1.29, 1.82) is 0 Å². The van der Waals surface area contributed by atoms with Crippen LogP contribution in [0, 0.1) is 23.7 Å². The first-order valence-corrected chi connectivity index (χ1v) is 9.44. The fraction of sp³-hybridized carbons (Fsp3) is 0.412. The second kappa shape index (κ2) is 8.68. The van der Waals surface area contributed by atoms with Crippen molar-refractivity contribution in [1.82, 2.24) is 10.0 Å². The van der Waals surface area contributed by atoms with E-state index >= 15 is 0 Å². The number of nitrogens with zero attached hydrogens (tertiary/aromatic N) is 1. The Kier molecular flexibility index (Phi) is 7.16. The number of rotatable bonds is 5. The van der Waals surface area contributed by atoms with Crippen LogP contribution in [0.15, 0.2) is 23.1 Å². The van der Waals surface area contributed by atoms with Gasteiger partial charge in [-0.2, -0.15) is 0 Å². The topological polar surface area (TPSA) is 126 Å². The van der Waals surface area contributed by atoms with Gasteiger partial charge in [0.05, 0.1) is 0 Å². The maximum atomic E-state index is 12.1. The first kappa shape index (κ1) is 21.5. The number of pyridine rings is 1. The molecule has 0 saturated carbocycles. The van der Waals surface area contributed by atoms with Crippen LogP contribution in [0.1, 0.15) is 25.8 Å². The molecule has 9 heteroatoms. The highest BCUT2D eigenvalue weighted by molar-refractivity contribution is 7.92. The molecular formula is C17H20N2O6S. The van der Waals surface area contributed by atoms with Crippen molar-refractivity contribution in [2.45, 2.75) is 37.7 Å². The predicted molar refractivity (Wildman–Crippen MR) is 94.8 cm³/mol. The molecule has 26 heavy (non-hydrogen) atoms. The number of carbonyl (C=O) groups is 1. The van der Waals surface area contributed by atoms with Crippen LogP contribution in [0.2, 0.25) is 0 Å². The summed E-state index contributed by atoms with van der Waals surface area (Å²) in [7, 11) is -3.83. The minimum absolute atomic E-state index is 0.0502. The first-order chi connectivity index (χ1) is 12.0. The van der Waals surface area contributed by atoms with Gasteiger partial charge < -0.3 is 9.67 Å². The number of hydrogen-bond donors (Lipinski definition) is 3. The summed E-state index contributed by atoms with van der Waals surface area (Å²) >= 11 is 0. The van der Waals surface area contributed by atoms with Gasteiger partial charge in [-0.3, -0.25) is 14.8 Å². The van der Waals surface area contributed by atoms with Crippen molar-refractivity contribution in [3.05, 3.63) is 34.2 Å². The highest BCUT2D eigenvalue weighted by atomic mass is 32.2. The molecule has 2 unspecified atom stereocenters. The molecule has 3 N–H and O–H groups in total. The number of sulfone groups is 1. The summed E-state index contributed by atoms with van der Waals surface area (Å²) in [5, 5.41) is 17.8. The Hall–Kier alpha value is -2.59. The van der Waals surface area contributed by atoms with Gasteiger partial charge in [0.25, 0.3) is 11.5 Å². The third-order valence-electron chi connectivity index (χ3n) is 3.78. The normalized spacial score (nSPS) is 14.0. The number of aromatic nitrogens is 1. The minimum atomic E-state index is -3.83. The van der Waals surface area contributed by atoms with Gasteiger partial charge >= 0.3 is 0 Å². The van der Waals surface area contributed by atoms with E-state index in [1.807, 2.05) is 0 Å².